The number of aliphatic hydroxyl groups excluding tert-OH is 1. The highest BCUT2D eigenvalue weighted by atomic mass is 16.5. The maximum atomic E-state index is 10.9. The normalized spacial score (nSPS) is 19.9. The highest BCUT2D eigenvalue weighted by Gasteiger charge is 2.24. The van der Waals surface area contributed by atoms with Gasteiger partial charge in [0.15, 0.2) is 0 Å². The minimum absolute atomic E-state index is 0.308. The molecule has 4 heteroatoms. The first-order chi connectivity index (χ1) is 14.2. The molecule has 1 aliphatic heterocycles. The fraction of sp³-hybridized carbons (Fsp3) is 0.520. The molecule has 1 atom stereocenters. The van der Waals surface area contributed by atoms with Gasteiger partial charge in [-0.1, -0.05) is 55.7 Å². The number of ether oxygens (including phenoxy) is 1. The van der Waals surface area contributed by atoms with Crippen LogP contribution >= 0.6 is 0 Å². The van der Waals surface area contributed by atoms with Gasteiger partial charge in [0.05, 0.1) is 18.9 Å². The summed E-state index contributed by atoms with van der Waals surface area (Å²) in [4.78, 5) is 4.93. The molecule has 2 aromatic rings. The molecular formula is C25H34N2O2. The van der Waals surface area contributed by atoms with Crippen molar-refractivity contribution in [2.75, 3.05) is 38.2 Å². The summed E-state index contributed by atoms with van der Waals surface area (Å²) in [6.07, 6.45) is 5.87. The molecule has 1 saturated carbocycles. The number of aliphatic hydroxyl groups is 1. The van der Waals surface area contributed by atoms with Crippen molar-refractivity contribution in [3.63, 3.8) is 0 Å². The number of nitrogens with zero attached hydrogens (tertiary/aromatic N) is 2. The zero-order valence-corrected chi connectivity index (χ0v) is 17.6. The predicted molar refractivity (Wildman–Crippen MR) is 118 cm³/mol. The van der Waals surface area contributed by atoms with Crippen molar-refractivity contribution in [1.82, 2.24) is 4.90 Å². The maximum absolute atomic E-state index is 10.9. The maximum Gasteiger partial charge on any atom is 0.142 e. The highest BCUT2D eigenvalue weighted by molar-refractivity contribution is 5.58. The van der Waals surface area contributed by atoms with Gasteiger partial charge in [-0.05, 0) is 42.0 Å². The van der Waals surface area contributed by atoms with E-state index in [2.05, 4.69) is 46.2 Å². The third-order valence-electron chi connectivity index (χ3n) is 6.59. The molecule has 0 bridgehead atoms. The molecule has 2 fully saturated rings. The number of hydrogen-bond donors (Lipinski definition) is 1. The molecule has 2 aromatic carbocycles. The molecular weight excluding hydrogens is 360 g/mol. The van der Waals surface area contributed by atoms with Crippen LogP contribution in [0.15, 0.2) is 48.5 Å². The van der Waals surface area contributed by atoms with E-state index in [4.69, 9.17) is 4.74 Å². The Labute approximate surface area is 175 Å². The van der Waals surface area contributed by atoms with Gasteiger partial charge in [0, 0.05) is 32.7 Å². The lowest BCUT2D eigenvalue weighted by atomic mass is 9.82. The molecule has 2 aliphatic rings. The van der Waals surface area contributed by atoms with Gasteiger partial charge in [0.1, 0.15) is 5.75 Å². The van der Waals surface area contributed by atoms with Crippen LogP contribution < -0.4 is 9.64 Å². The lowest BCUT2D eigenvalue weighted by molar-refractivity contribution is 0.0847. The number of anilines is 1. The van der Waals surface area contributed by atoms with Crippen molar-refractivity contribution >= 4 is 5.69 Å². The molecule has 156 valence electrons. The average molecular weight is 395 g/mol. The average Bonchev–Trinajstić information content (AvgIpc) is 2.80. The summed E-state index contributed by atoms with van der Waals surface area (Å²) >= 11 is 0. The van der Waals surface area contributed by atoms with Crippen molar-refractivity contribution in [2.24, 2.45) is 5.92 Å². The van der Waals surface area contributed by atoms with Crippen LogP contribution in [-0.2, 0) is 6.54 Å². The smallest absolute Gasteiger partial charge is 0.142 e. The summed E-state index contributed by atoms with van der Waals surface area (Å²) in [6.45, 7) is 5.03. The van der Waals surface area contributed by atoms with Crippen molar-refractivity contribution in [3.8, 4) is 5.75 Å². The third kappa shape index (κ3) is 4.93. The van der Waals surface area contributed by atoms with Gasteiger partial charge >= 0.3 is 0 Å². The van der Waals surface area contributed by atoms with E-state index in [1.807, 2.05) is 12.1 Å². The summed E-state index contributed by atoms with van der Waals surface area (Å²) in [7, 11) is 1.74. The fourth-order valence-corrected chi connectivity index (χ4v) is 4.89. The Hall–Kier alpha value is -2.04. The first-order valence-corrected chi connectivity index (χ1v) is 11.1. The number of para-hydroxylation sites is 2. The number of benzene rings is 2. The van der Waals surface area contributed by atoms with Crippen molar-refractivity contribution in [2.45, 2.75) is 44.8 Å². The van der Waals surface area contributed by atoms with E-state index in [1.54, 1.807) is 7.11 Å². The van der Waals surface area contributed by atoms with E-state index in [1.165, 1.54) is 30.5 Å². The largest absolute Gasteiger partial charge is 0.495 e. The second-order valence-electron chi connectivity index (χ2n) is 8.52. The van der Waals surface area contributed by atoms with E-state index in [0.29, 0.717) is 5.92 Å². The molecule has 0 aromatic heterocycles. The van der Waals surface area contributed by atoms with Gasteiger partial charge in [-0.3, -0.25) is 4.90 Å². The van der Waals surface area contributed by atoms with E-state index in [9.17, 15) is 5.11 Å². The second-order valence-corrected chi connectivity index (χ2v) is 8.52. The Morgan fingerprint density at radius 3 is 2.48 bits per heavy atom. The molecule has 1 heterocycles. The molecule has 29 heavy (non-hydrogen) atoms. The summed E-state index contributed by atoms with van der Waals surface area (Å²) < 4.78 is 5.53. The van der Waals surface area contributed by atoms with E-state index in [-0.39, 0.29) is 6.10 Å². The van der Waals surface area contributed by atoms with Gasteiger partial charge in [0.2, 0.25) is 0 Å². The summed E-state index contributed by atoms with van der Waals surface area (Å²) in [6, 6.07) is 16.9. The highest BCUT2D eigenvalue weighted by Crippen LogP contribution is 2.34. The van der Waals surface area contributed by atoms with E-state index >= 15 is 0 Å². The van der Waals surface area contributed by atoms with Crippen LogP contribution in [-0.4, -0.2) is 43.3 Å². The topological polar surface area (TPSA) is 35.9 Å². The molecule has 1 aliphatic carbocycles. The van der Waals surface area contributed by atoms with Crippen LogP contribution in [0.25, 0.3) is 0 Å². The summed E-state index contributed by atoms with van der Waals surface area (Å²) in [5.41, 5.74) is 3.59. The van der Waals surface area contributed by atoms with Crippen LogP contribution in [0.3, 0.4) is 0 Å². The summed E-state index contributed by atoms with van der Waals surface area (Å²) in [5, 5.41) is 10.9. The van der Waals surface area contributed by atoms with Crippen LogP contribution in [0.5, 0.6) is 5.75 Å². The Morgan fingerprint density at radius 2 is 1.72 bits per heavy atom. The number of hydrogen-bond acceptors (Lipinski definition) is 4. The minimum atomic E-state index is -0.308. The van der Waals surface area contributed by atoms with Crippen molar-refractivity contribution in [3.05, 3.63) is 59.7 Å². The van der Waals surface area contributed by atoms with Gasteiger partial charge in [0.25, 0.3) is 0 Å². The second kappa shape index (κ2) is 9.64. The Bertz CT molecular complexity index is 780. The van der Waals surface area contributed by atoms with Gasteiger partial charge < -0.3 is 14.7 Å². The first kappa shape index (κ1) is 20.2. The van der Waals surface area contributed by atoms with Crippen LogP contribution in [0.1, 0.15) is 49.3 Å². The quantitative estimate of drug-likeness (QED) is 0.775. The molecule has 1 saturated heterocycles. The van der Waals surface area contributed by atoms with Crippen molar-refractivity contribution < 1.29 is 9.84 Å². The fourth-order valence-electron chi connectivity index (χ4n) is 4.89. The SMILES string of the molecule is COc1ccccc1N1CCN(Cc2cccc(C(O)C3CCCCC3)c2)CC1. The molecule has 0 amide bonds. The zero-order valence-electron chi connectivity index (χ0n) is 17.6. The van der Waals surface area contributed by atoms with Gasteiger partial charge in [-0.15, -0.1) is 0 Å². The molecule has 0 spiro atoms. The Balaban J connectivity index is 1.35. The Morgan fingerprint density at radius 1 is 0.966 bits per heavy atom. The number of piperazine rings is 1. The van der Waals surface area contributed by atoms with E-state index < -0.39 is 0 Å². The lowest BCUT2D eigenvalue weighted by Crippen LogP contribution is -2.46. The molecule has 0 radical (unpaired) electrons. The van der Waals surface area contributed by atoms with Gasteiger partial charge in [-0.2, -0.15) is 0 Å². The van der Waals surface area contributed by atoms with Crippen LogP contribution in [0.2, 0.25) is 0 Å². The number of methoxy groups -OCH3 is 1. The first-order valence-electron chi connectivity index (χ1n) is 11.1. The molecule has 1 N–H and O–H groups in total. The monoisotopic (exact) mass is 394 g/mol. The molecule has 4 rings (SSSR count). The van der Waals surface area contributed by atoms with Crippen LogP contribution in [0.4, 0.5) is 5.69 Å². The Kier molecular flexibility index (Phi) is 6.73. The number of rotatable bonds is 6. The summed E-state index contributed by atoms with van der Waals surface area (Å²) in [5.74, 6) is 1.38. The standard InChI is InChI=1S/C25H34N2O2/c1-29-24-13-6-5-12-23(24)27-16-14-26(15-17-27)19-20-8-7-11-22(18-20)25(28)21-9-3-2-4-10-21/h5-8,11-13,18,21,25,28H,2-4,9-10,14-17,19H2,1H3. The van der Waals surface area contributed by atoms with E-state index in [0.717, 1.165) is 56.9 Å². The predicted octanol–water partition coefficient (Wildman–Crippen LogP) is 4.63. The minimum Gasteiger partial charge on any atom is -0.495 e. The van der Waals surface area contributed by atoms with Crippen LogP contribution in [0, 0.1) is 5.92 Å². The van der Waals surface area contributed by atoms with Crippen molar-refractivity contribution in [1.29, 1.82) is 0 Å². The molecule has 4 nitrogen and oxygen atoms in total. The molecule has 1 unspecified atom stereocenters. The zero-order chi connectivity index (χ0) is 20.1. The third-order valence-corrected chi connectivity index (χ3v) is 6.59. The van der Waals surface area contributed by atoms with Gasteiger partial charge in [-0.25, -0.2) is 0 Å². The lowest BCUT2D eigenvalue weighted by Gasteiger charge is -2.36.